The van der Waals surface area contributed by atoms with Crippen molar-refractivity contribution in [2.45, 2.75) is 31.0 Å². The van der Waals surface area contributed by atoms with Crippen LogP contribution in [0.4, 0.5) is 28.9 Å². The van der Waals surface area contributed by atoms with Gasteiger partial charge in [-0.3, -0.25) is 9.78 Å². The smallest absolute Gasteiger partial charge is 0.396 e. The number of anilines is 2. The van der Waals surface area contributed by atoms with E-state index in [0.29, 0.717) is 11.3 Å². The SMILES string of the molecule is Nc1cnc(-c2ccccc2F)nc1C(=O)Cc1cnccc1N1CCCC(O)(C(F)(F)F)C1. The number of carbonyl (C=O) groups excluding carboxylic acids is 1. The lowest BCUT2D eigenvalue weighted by Crippen LogP contribution is -2.57. The molecule has 1 fully saturated rings. The summed E-state index contributed by atoms with van der Waals surface area (Å²) in [6.45, 7) is -0.383. The number of halogens is 4. The summed E-state index contributed by atoms with van der Waals surface area (Å²) >= 11 is 0. The summed E-state index contributed by atoms with van der Waals surface area (Å²) in [6, 6.07) is 7.30. The quantitative estimate of drug-likeness (QED) is 0.429. The first-order chi connectivity index (χ1) is 16.1. The van der Waals surface area contributed by atoms with Crippen LogP contribution in [0.2, 0.25) is 0 Å². The molecule has 4 rings (SSSR count). The number of nitrogens with zero attached hydrogens (tertiary/aromatic N) is 4. The minimum atomic E-state index is -4.78. The minimum absolute atomic E-state index is 0.0139. The van der Waals surface area contributed by atoms with Crippen LogP contribution >= 0.6 is 0 Å². The third kappa shape index (κ3) is 4.56. The molecule has 1 aliphatic rings. The normalized spacial score (nSPS) is 18.7. The van der Waals surface area contributed by atoms with E-state index in [-0.39, 0.29) is 42.2 Å². The third-order valence-electron chi connectivity index (χ3n) is 5.76. The van der Waals surface area contributed by atoms with E-state index in [4.69, 9.17) is 5.73 Å². The average Bonchev–Trinajstić information content (AvgIpc) is 2.79. The molecule has 3 N–H and O–H groups in total. The maximum absolute atomic E-state index is 14.2. The van der Waals surface area contributed by atoms with Crippen LogP contribution in [0.15, 0.2) is 48.9 Å². The van der Waals surface area contributed by atoms with Crippen LogP contribution in [0, 0.1) is 5.82 Å². The molecule has 178 valence electrons. The Morgan fingerprint density at radius 1 is 1.21 bits per heavy atom. The summed E-state index contributed by atoms with van der Waals surface area (Å²) in [7, 11) is 0. The van der Waals surface area contributed by atoms with Crippen molar-refractivity contribution in [1.82, 2.24) is 15.0 Å². The van der Waals surface area contributed by atoms with E-state index >= 15 is 0 Å². The number of benzene rings is 1. The second-order valence-corrected chi connectivity index (χ2v) is 8.14. The number of hydrogen-bond acceptors (Lipinski definition) is 7. The van der Waals surface area contributed by atoms with Crippen LogP contribution in [0.25, 0.3) is 11.4 Å². The third-order valence-corrected chi connectivity index (χ3v) is 5.76. The number of piperidine rings is 1. The Morgan fingerprint density at radius 3 is 2.71 bits per heavy atom. The monoisotopic (exact) mass is 475 g/mol. The molecule has 1 atom stereocenters. The van der Waals surface area contributed by atoms with E-state index in [1.165, 1.54) is 47.8 Å². The molecule has 0 radical (unpaired) electrons. The number of pyridine rings is 1. The molecule has 3 aromatic rings. The molecule has 0 spiro atoms. The zero-order valence-electron chi connectivity index (χ0n) is 17.9. The number of aromatic nitrogens is 3. The molecule has 1 aromatic carbocycles. The van der Waals surface area contributed by atoms with Crippen molar-refractivity contribution in [1.29, 1.82) is 0 Å². The fourth-order valence-electron chi connectivity index (χ4n) is 3.98. The van der Waals surface area contributed by atoms with Gasteiger partial charge in [-0.25, -0.2) is 14.4 Å². The van der Waals surface area contributed by atoms with Crippen molar-refractivity contribution < 1.29 is 27.5 Å². The zero-order chi connectivity index (χ0) is 24.5. The Kier molecular flexibility index (Phi) is 6.22. The number of alkyl halides is 3. The summed E-state index contributed by atoms with van der Waals surface area (Å²) in [6.07, 6.45) is -1.34. The van der Waals surface area contributed by atoms with E-state index in [9.17, 15) is 27.5 Å². The minimum Gasteiger partial charge on any atom is -0.396 e. The predicted molar refractivity (Wildman–Crippen MR) is 117 cm³/mol. The molecular weight excluding hydrogens is 454 g/mol. The Hall–Kier alpha value is -3.60. The number of hydrogen-bond donors (Lipinski definition) is 2. The molecule has 11 heteroatoms. The highest BCUT2D eigenvalue weighted by Gasteiger charge is 2.55. The highest BCUT2D eigenvalue weighted by atomic mass is 19.4. The first kappa shape index (κ1) is 23.6. The van der Waals surface area contributed by atoms with E-state index in [1.54, 1.807) is 6.07 Å². The lowest BCUT2D eigenvalue weighted by molar-refractivity contribution is -0.261. The molecule has 0 amide bonds. The van der Waals surface area contributed by atoms with Crippen molar-refractivity contribution in [3.63, 3.8) is 0 Å². The zero-order valence-corrected chi connectivity index (χ0v) is 17.9. The lowest BCUT2D eigenvalue weighted by Gasteiger charge is -2.41. The Bertz CT molecular complexity index is 1220. The van der Waals surface area contributed by atoms with Gasteiger partial charge >= 0.3 is 6.18 Å². The molecule has 1 saturated heterocycles. The highest BCUT2D eigenvalue weighted by molar-refractivity contribution is 6.00. The van der Waals surface area contributed by atoms with Crippen molar-refractivity contribution >= 4 is 17.2 Å². The summed E-state index contributed by atoms with van der Waals surface area (Å²) in [5, 5.41) is 10.2. The number of nitrogens with two attached hydrogens (primary N) is 1. The number of aliphatic hydroxyl groups is 1. The van der Waals surface area contributed by atoms with Gasteiger partial charge in [0.2, 0.25) is 0 Å². The van der Waals surface area contributed by atoms with Crippen LogP contribution < -0.4 is 10.6 Å². The van der Waals surface area contributed by atoms with Crippen molar-refractivity contribution in [3.05, 3.63) is 66.0 Å². The van der Waals surface area contributed by atoms with Gasteiger partial charge in [0.1, 0.15) is 11.5 Å². The molecular formula is C23H21F4N5O2. The topological polar surface area (TPSA) is 105 Å². The molecule has 0 bridgehead atoms. The molecule has 2 aromatic heterocycles. The van der Waals surface area contributed by atoms with Crippen LogP contribution in [-0.2, 0) is 6.42 Å². The van der Waals surface area contributed by atoms with Gasteiger partial charge < -0.3 is 15.7 Å². The Balaban J connectivity index is 1.62. The van der Waals surface area contributed by atoms with Crippen molar-refractivity contribution in [2.24, 2.45) is 0 Å². The van der Waals surface area contributed by atoms with Gasteiger partial charge in [0.05, 0.1) is 24.0 Å². The first-order valence-corrected chi connectivity index (χ1v) is 10.5. The molecule has 1 aliphatic heterocycles. The second kappa shape index (κ2) is 8.98. The van der Waals surface area contributed by atoms with Crippen LogP contribution in [0.1, 0.15) is 28.9 Å². The van der Waals surface area contributed by atoms with Gasteiger partial charge in [-0.05, 0) is 31.0 Å². The average molecular weight is 475 g/mol. The molecule has 34 heavy (non-hydrogen) atoms. The molecule has 1 unspecified atom stereocenters. The maximum Gasteiger partial charge on any atom is 0.418 e. The van der Waals surface area contributed by atoms with E-state index < -0.39 is 36.3 Å². The summed E-state index contributed by atoms with van der Waals surface area (Å²) < 4.78 is 54.3. The number of carbonyl (C=O) groups is 1. The maximum atomic E-state index is 14.2. The van der Waals surface area contributed by atoms with Crippen molar-refractivity contribution in [2.75, 3.05) is 23.7 Å². The summed E-state index contributed by atoms with van der Waals surface area (Å²) in [5.41, 5.74) is 3.71. The van der Waals surface area contributed by atoms with Gasteiger partial charge in [0.15, 0.2) is 17.2 Å². The molecule has 0 aliphatic carbocycles. The van der Waals surface area contributed by atoms with Gasteiger partial charge in [-0.1, -0.05) is 12.1 Å². The molecule has 7 nitrogen and oxygen atoms in total. The van der Waals surface area contributed by atoms with Crippen LogP contribution in [-0.4, -0.2) is 50.7 Å². The van der Waals surface area contributed by atoms with Crippen molar-refractivity contribution in [3.8, 4) is 11.4 Å². The van der Waals surface area contributed by atoms with Gasteiger partial charge in [-0.15, -0.1) is 0 Å². The van der Waals surface area contributed by atoms with E-state index in [0.717, 1.165) is 0 Å². The highest BCUT2D eigenvalue weighted by Crippen LogP contribution is 2.39. The van der Waals surface area contributed by atoms with E-state index in [2.05, 4.69) is 15.0 Å². The fourth-order valence-corrected chi connectivity index (χ4v) is 3.98. The Labute approximate surface area is 192 Å². The molecule has 3 heterocycles. The number of β-amino-alcohol motifs (C(OH)–C–C–N with tert-alkyl or cyclic N) is 1. The summed E-state index contributed by atoms with van der Waals surface area (Å²) in [4.78, 5) is 26.6. The molecule has 0 saturated carbocycles. The first-order valence-electron chi connectivity index (χ1n) is 10.5. The Morgan fingerprint density at radius 2 is 1.97 bits per heavy atom. The lowest BCUT2D eigenvalue weighted by atomic mass is 9.91. The van der Waals surface area contributed by atoms with Gasteiger partial charge in [-0.2, -0.15) is 13.2 Å². The predicted octanol–water partition coefficient (Wildman–Crippen LogP) is 3.58. The van der Waals surface area contributed by atoms with Crippen LogP contribution in [0.5, 0.6) is 0 Å². The largest absolute Gasteiger partial charge is 0.418 e. The fraction of sp³-hybridized carbons (Fsp3) is 0.304. The van der Waals surface area contributed by atoms with Crippen LogP contribution in [0.3, 0.4) is 0 Å². The standard InChI is InChI=1S/C23H21F4N5O2/c24-16-5-2-1-4-15(16)21-30-12-17(28)20(31-21)19(33)10-14-11-29-8-6-18(14)32-9-3-7-22(34,13-32)23(25,26)27/h1-2,4-6,8,11-12,34H,3,7,9-10,13,28H2. The number of nitrogen functional groups attached to an aromatic ring is 1. The second-order valence-electron chi connectivity index (χ2n) is 8.14. The number of rotatable bonds is 5. The summed E-state index contributed by atoms with van der Waals surface area (Å²) in [5.74, 6) is -1.12. The van der Waals surface area contributed by atoms with Gasteiger partial charge in [0.25, 0.3) is 0 Å². The number of Topliss-reactive ketones (excluding diaryl/α,β-unsaturated/α-hetero) is 1. The number of ketones is 1. The van der Waals surface area contributed by atoms with E-state index in [1.807, 2.05) is 0 Å². The van der Waals surface area contributed by atoms with Gasteiger partial charge in [0, 0.05) is 36.6 Å².